The quantitative estimate of drug-likeness (QED) is 0.845. The molecular weight excluding hydrogens is 230 g/mol. The van der Waals surface area contributed by atoms with Crippen LogP contribution in [0, 0.1) is 18.8 Å². The monoisotopic (exact) mass is 255 g/mol. The predicted octanol–water partition coefficient (Wildman–Crippen LogP) is 4.18. The van der Waals surface area contributed by atoms with Gasteiger partial charge in [0.1, 0.15) is 0 Å². The molecule has 0 aliphatic carbocycles. The van der Waals surface area contributed by atoms with Crippen molar-refractivity contribution in [3.05, 3.63) is 47.5 Å². The SMILES string of the molecule is CNCC(Cc1ccc2cc(C)ccc2c1)C(C)C. The number of hydrogen-bond donors (Lipinski definition) is 1. The van der Waals surface area contributed by atoms with Crippen molar-refractivity contribution in [1.82, 2.24) is 5.32 Å². The Balaban J connectivity index is 2.23. The van der Waals surface area contributed by atoms with Crippen molar-refractivity contribution in [2.75, 3.05) is 13.6 Å². The molecule has 0 spiro atoms. The fourth-order valence-corrected chi connectivity index (χ4v) is 2.65. The molecule has 0 radical (unpaired) electrons. The topological polar surface area (TPSA) is 12.0 Å². The first-order chi connectivity index (χ1) is 9.10. The molecule has 19 heavy (non-hydrogen) atoms. The van der Waals surface area contributed by atoms with Crippen molar-refractivity contribution in [3.8, 4) is 0 Å². The molecule has 2 aromatic rings. The molecule has 0 saturated heterocycles. The summed E-state index contributed by atoms with van der Waals surface area (Å²) in [7, 11) is 2.04. The molecule has 1 atom stereocenters. The van der Waals surface area contributed by atoms with Crippen LogP contribution in [0.4, 0.5) is 0 Å². The Morgan fingerprint density at radius 2 is 1.68 bits per heavy atom. The third-order valence-electron chi connectivity index (χ3n) is 3.97. The molecule has 102 valence electrons. The third-order valence-corrected chi connectivity index (χ3v) is 3.97. The molecule has 0 bridgehead atoms. The van der Waals surface area contributed by atoms with Crippen LogP contribution in [0.25, 0.3) is 10.8 Å². The number of benzene rings is 2. The molecule has 1 unspecified atom stereocenters. The first kappa shape index (κ1) is 14.1. The molecule has 0 fully saturated rings. The molecule has 0 heterocycles. The van der Waals surface area contributed by atoms with Gasteiger partial charge in [-0.2, -0.15) is 0 Å². The lowest BCUT2D eigenvalue weighted by atomic mass is 9.88. The van der Waals surface area contributed by atoms with E-state index in [2.05, 4.69) is 62.5 Å². The molecule has 0 saturated carbocycles. The summed E-state index contributed by atoms with van der Waals surface area (Å²) in [6.07, 6.45) is 1.16. The van der Waals surface area contributed by atoms with Crippen molar-refractivity contribution in [2.45, 2.75) is 27.2 Å². The number of hydrogen-bond acceptors (Lipinski definition) is 1. The average molecular weight is 255 g/mol. The maximum Gasteiger partial charge on any atom is -0.00179 e. The summed E-state index contributed by atoms with van der Waals surface area (Å²) in [4.78, 5) is 0. The van der Waals surface area contributed by atoms with Crippen molar-refractivity contribution in [3.63, 3.8) is 0 Å². The predicted molar refractivity (Wildman–Crippen MR) is 84.6 cm³/mol. The van der Waals surface area contributed by atoms with Crippen LogP contribution in [-0.2, 0) is 6.42 Å². The van der Waals surface area contributed by atoms with Gasteiger partial charge in [0, 0.05) is 0 Å². The van der Waals surface area contributed by atoms with E-state index in [1.807, 2.05) is 7.05 Å². The highest BCUT2D eigenvalue weighted by atomic mass is 14.8. The van der Waals surface area contributed by atoms with Crippen LogP contribution in [-0.4, -0.2) is 13.6 Å². The molecule has 2 aromatic carbocycles. The van der Waals surface area contributed by atoms with Gasteiger partial charge in [-0.1, -0.05) is 55.8 Å². The van der Waals surface area contributed by atoms with Gasteiger partial charge in [-0.3, -0.25) is 0 Å². The van der Waals surface area contributed by atoms with Gasteiger partial charge in [-0.15, -0.1) is 0 Å². The van der Waals surface area contributed by atoms with E-state index in [-0.39, 0.29) is 0 Å². The van der Waals surface area contributed by atoms with E-state index >= 15 is 0 Å². The van der Waals surface area contributed by atoms with Crippen LogP contribution in [0.15, 0.2) is 36.4 Å². The van der Waals surface area contributed by atoms with E-state index in [1.165, 1.54) is 21.9 Å². The lowest BCUT2D eigenvalue weighted by molar-refractivity contribution is 0.370. The maximum absolute atomic E-state index is 3.31. The van der Waals surface area contributed by atoms with Crippen molar-refractivity contribution in [2.24, 2.45) is 11.8 Å². The van der Waals surface area contributed by atoms with Crippen LogP contribution < -0.4 is 5.32 Å². The van der Waals surface area contributed by atoms with Gasteiger partial charge in [-0.05, 0) is 55.1 Å². The molecule has 0 amide bonds. The lowest BCUT2D eigenvalue weighted by Gasteiger charge is -2.20. The molecular formula is C18H25N. The summed E-state index contributed by atoms with van der Waals surface area (Å²) in [6, 6.07) is 13.6. The summed E-state index contributed by atoms with van der Waals surface area (Å²) in [5, 5.41) is 6.02. The molecule has 2 rings (SSSR count). The highest BCUT2D eigenvalue weighted by Crippen LogP contribution is 2.22. The van der Waals surface area contributed by atoms with E-state index in [4.69, 9.17) is 0 Å². The summed E-state index contributed by atoms with van der Waals surface area (Å²) >= 11 is 0. The van der Waals surface area contributed by atoms with E-state index in [0.29, 0.717) is 11.8 Å². The van der Waals surface area contributed by atoms with Crippen LogP contribution in [0.1, 0.15) is 25.0 Å². The van der Waals surface area contributed by atoms with Crippen LogP contribution in [0.2, 0.25) is 0 Å². The molecule has 1 nitrogen and oxygen atoms in total. The zero-order chi connectivity index (χ0) is 13.8. The van der Waals surface area contributed by atoms with E-state index < -0.39 is 0 Å². The fraction of sp³-hybridized carbons (Fsp3) is 0.444. The van der Waals surface area contributed by atoms with Crippen LogP contribution in [0.3, 0.4) is 0 Å². The molecule has 1 N–H and O–H groups in total. The number of nitrogens with one attached hydrogen (secondary N) is 1. The largest absolute Gasteiger partial charge is 0.319 e. The first-order valence-electron chi connectivity index (χ1n) is 7.24. The highest BCUT2D eigenvalue weighted by Gasteiger charge is 2.13. The average Bonchev–Trinajstić information content (AvgIpc) is 2.38. The highest BCUT2D eigenvalue weighted by molar-refractivity contribution is 5.83. The van der Waals surface area contributed by atoms with E-state index in [9.17, 15) is 0 Å². The molecule has 0 aromatic heterocycles. The molecule has 0 aliphatic heterocycles. The van der Waals surface area contributed by atoms with E-state index in [0.717, 1.165) is 13.0 Å². The van der Waals surface area contributed by atoms with Crippen molar-refractivity contribution >= 4 is 10.8 Å². The summed E-state index contributed by atoms with van der Waals surface area (Å²) in [6.45, 7) is 7.86. The summed E-state index contributed by atoms with van der Waals surface area (Å²) in [5.74, 6) is 1.41. The first-order valence-corrected chi connectivity index (χ1v) is 7.24. The van der Waals surface area contributed by atoms with Gasteiger partial charge in [0.05, 0.1) is 0 Å². The van der Waals surface area contributed by atoms with Gasteiger partial charge in [0.25, 0.3) is 0 Å². The zero-order valence-corrected chi connectivity index (χ0v) is 12.5. The minimum atomic E-state index is 0.702. The Bertz CT molecular complexity index is 542. The summed E-state index contributed by atoms with van der Waals surface area (Å²) in [5.41, 5.74) is 2.78. The molecule has 0 aliphatic rings. The van der Waals surface area contributed by atoms with Gasteiger partial charge >= 0.3 is 0 Å². The maximum atomic E-state index is 3.31. The normalized spacial score (nSPS) is 13.1. The zero-order valence-electron chi connectivity index (χ0n) is 12.5. The number of rotatable bonds is 5. The third kappa shape index (κ3) is 3.57. The minimum absolute atomic E-state index is 0.702. The Morgan fingerprint density at radius 1 is 1.00 bits per heavy atom. The van der Waals surface area contributed by atoms with Gasteiger partial charge in [-0.25, -0.2) is 0 Å². The second-order valence-corrected chi connectivity index (χ2v) is 5.95. The van der Waals surface area contributed by atoms with Crippen LogP contribution >= 0.6 is 0 Å². The Morgan fingerprint density at radius 3 is 2.37 bits per heavy atom. The second kappa shape index (κ2) is 6.21. The van der Waals surface area contributed by atoms with Crippen LogP contribution in [0.5, 0.6) is 0 Å². The molecule has 1 heteroatoms. The Labute approximate surface area is 117 Å². The van der Waals surface area contributed by atoms with Gasteiger partial charge < -0.3 is 5.32 Å². The van der Waals surface area contributed by atoms with Gasteiger partial charge in [0.2, 0.25) is 0 Å². The van der Waals surface area contributed by atoms with E-state index in [1.54, 1.807) is 0 Å². The van der Waals surface area contributed by atoms with Crippen molar-refractivity contribution < 1.29 is 0 Å². The number of fused-ring (bicyclic) bond motifs is 1. The second-order valence-electron chi connectivity index (χ2n) is 5.95. The lowest BCUT2D eigenvalue weighted by Crippen LogP contribution is -2.25. The van der Waals surface area contributed by atoms with Gasteiger partial charge in [0.15, 0.2) is 0 Å². The standard InChI is InChI=1S/C18H25N/c1-13(2)18(12-19-4)11-15-6-8-16-9-14(3)5-7-17(16)10-15/h5-10,13,18-19H,11-12H2,1-4H3. The van der Waals surface area contributed by atoms with Crippen molar-refractivity contribution in [1.29, 1.82) is 0 Å². The summed E-state index contributed by atoms with van der Waals surface area (Å²) < 4.78 is 0. The fourth-order valence-electron chi connectivity index (χ4n) is 2.65. The Hall–Kier alpha value is -1.34. The Kier molecular flexibility index (Phi) is 4.60. The number of aryl methyl sites for hydroxylation is 1. The smallest absolute Gasteiger partial charge is 0.00179 e. The minimum Gasteiger partial charge on any atom is -0.319 e.